The van der Waals surface area contributed by atoms with Crippen LogP contribution in [0.5, 0.6) is 0 Å². The Balaban J connectivity index is 1.66. The molecule has 0 bridgehead atoms. The van der Waals surface area contributed by atoms with Gasteiger partial charge in [0, 0.05) is 37.5 Å². The van der Waals surface area contributed by atoms with E-state index in [-0.39, 0.29) is 0 Å². The Morgan fingerprint density at radius 2 is 2.22 bits per heavy atom. The van der Waals surface area contributed by atoms with E-state index in [2.05, 4.69) is 30.5 Å². The molecule has 4 nitrogen and oxygen atoms in total. The fraction of sp³-hybridized carbons (Fsp3) is 0.786. The maximum atomic E-state index is 5.88. The second-order valence-corrected chi connectivity index (χ2v) is 5.80. The summed E-state index contributed by atoms with van der Waals surface area (Å²) in [5, 5.41) is 8.16. The summed E-state index contributed by atoms with van der Waals surface area (Å²) in [5.41, 5.74) is 2.43. The summed E-state index contributed by atoms with van der Waals surface area (Å²) in [7, 11) is 1.98. The molecule has 3 unspecified atom stereocenters. The summed E-state index contributed by atoms with van der Waals surface area (Å²) in [6, 6.07) is 0.874. The van der Waals surface area contributed by atoms with Gasteiger partial charge in [-0.25, -0.2) is 0 Å². The third-order valence-electron chi connectivity index (χ3n) is 4.20. The Hall–Kier alpha value is -0.870. The molecule has 1 saturated carbocycles. The van der Waals surface area contributed by atoms with Gasteiger partial charge in [-0.1, -0.05) is 0 Å². The van der Waals surface area contributed by atoms with Gasteiger partial charge in [0.25, 0.3) is 0 Å². The van der Waals surface area contributed by atoms with Crippen LogP contribution in [0.3, 0.4) is 0 Å². The summed E-state index contributed by atoms with van der Waals surface area (Å²) in [6.45, 7) is 5.22. The maximum Gasteiger partial charge on any atom is 0.0757 e. The van der Waals surface area contributed by atoms with E-state index in [9.17, 15) is 0 Å². The monoisotopic (exact) mass is 249 g/mol. The van der Waals surface area contributed by atoms with Gasteiger partial charge in [0.1, 0.15) is 0 Å². The molecule has 2 heterocycles. The number of nitrogens with zero attached hydrogens (tertiary/aromatic N) is 2. The summed E-state index contributed by atoms with van der Waals surface area (Å²) in [4.78, 5) is 0. The second kappa shape index (κ2) is 4.67. The van der Waals surface area contributed by atoms with Gasteiger partial charge in [-0.15, -0.1) is 0 Å². The zero-order valence-electron chi connectivity index (χ0n) is 11.5. The van der Waals surface area contributed by atoms with Crippen LogP contribution in [0.2, 0.25) is 0 Å². The van der Waals surface area contributed by atoms with E-state index in [4.69, 9.17) is 4.74 Å². The Bertz CT molecular complexity index is 425. The van der Waals surface area contributed by atoms with Crippen LogP contribution >= 0.6 is 0 Å². The fourth-order valence-electron chi connectivity index (χ4n) is 3.13. The van der Waals surface area contributed by atoms with Gasteiger partial charge in [-0.2, -0.15) is 5.10 Å². The summed E-state index contributed by atoms with van der Waals surface area (Å²) in [6.07, 6.45) is 6.41. The predicted molar refractivity (Wildman–Crippen MR) is 70.4 cm³/mol. The highest BCUT2D eigenvalue weighted by atomic mass is 16.5. The zero-order chi connectivity index (χ0) is 12.7. The van der Waals surface area contributed by atoms with Crippen molar-refractivity contribution in [1.82, 2.24) is 15.1 Å². The third kappa shape index (κ3) is 2.31. The van der Waals surface area contributed by atoms with Gasteiger partial charge in [0.2, 0.25) is 0 Å². The molecule has 0 spiro atoms. The standard InChI is InChI=1S/C14H23N3O/c1-9(12-8-17(3)16-10(12)2)15-13-6-7-18-14(13)11-4-5-11/h8-9,11,13-15H,4-7H2,1-3H3. The van der Waals surface area contributed by atoms with Crippen molar-refractivity contribution in [2.24, 2.45) is 13.0 Å². The van der Waals surface area contributed by atoms with Crippen LogP contribution in [0.4, 0.5) is 0 Å². The first-order valence-electron chi connectivity index (χ1n) is 7.03. The number of aromatic nitrogens is 2. The molecule has 2 aliphatic rings. The molecule has 3 rings (SSSR count). The van der Waals surface area contributed by atoms with Crippen molar-refractivity contribution in [1.29, 1.82) is 0 Å². The molecule has 1 aliphatic carbocycles. The van der Waals surface area contributed by atoms with Crippen molar-refractivity contribution in [2.75, 3.05) is 6.61 Å². The molecule has 3 atom stereocenters. The molecule has 1 aromatic rings. The molecule has 1 aromatic heterocycles. The van der Waals surface area contributed by atoms with E-state index in [1.807, 2.05) is 11.7 Å². The lowest BCUT2D eigenvalue weighted by molar-refractivity contribution is 0.0792. The smallest absolute Gasteiger partial charge is 0.0757 e. The molecule has 2 fully saturated rings. The van der Waals surface area contributed by atoms with Crippen LogP contribution in [-0.2, 0) is 11.8 Å². The Morgan fingerprint density at radius 1 is 1.44 bits per heavy atom. The van der Waals surface area contributed by atoms with Gasteiger partial charge in [0.05, 0.1) is 11.8 Å². The topological polar surface area (TPSA) is 39.1 Å². The number of nitrogens with one attached hydrogen (secondary N) is 1. The lowest BCUT2D eigenvalue weighted by atomic mass is 10.0. The number of aryl methyl sites for hydroxylation is 2. The van der Waals surface area contributed by atoms with Crippen molar-refractivity contribution >= 4 is 0 Å². The fourth-order valence-corrected chi connectivity index (χ4v) is 3.13. The van der Waals surface area contributed by atoms with Crippen LogP contribution in [0.25, 0.3) is 0 Å². The largest absolute Gasteiger partial charge is 0.376 e. The molecule has 100 valence electrons. The minimum absolute atomic E-state index is 0.353. The highest BCUT2D eigenvalue weighted by Gasteiger charge is 2.41. The van der Waals surface area contributed by atoms with E-state index in [0.717, 1.165) is 24.6 Å². The predicted octanol–water partition coefficient (Wildman–Crippen LogP) is 1.95. The summed E-state index contributed by atoms with van der Waals surface area (Å²) >= 11 is 0. The number of rotatable bonds is 4. The van der Waals surface area contributed by atoms with Gasteiger partial charge < -0.3 is 10.1 Å². The average Bonchev–Trinajstić information content (AvgIpc) is 2.97. The number of hydrogen-bond acceptors (Lipinski definition) is 3. The molecule has 1 saturated heterocycles. The highest BCUT2D eigenvalue weighted by molar-refractivity contribution is 5.19. The van der Waals surface area contributed by atoms with Crippen LogP contribution < -0.4 is 5.32 Å². The highest BCUT2D eigenvalue weighted by Crippen LogP contribution is 2.39. The van der Waals surface area contributed by atoms with Crippen molar-refractivity contribution in [2.45, 2.75) is 51.3 Å². The molecule has 18 heavy (non-hydrogen) atoms. The van der Waals surface area contributed by atoms with Gasteiger partial charge in [0.15, 0.2) is 0 Å². The van der Waals surface area contributed by atoms with E-state index in [1.54, 1.807) is 0 Å². The van der Waals surface area contributed by atoms with Crippen LogP contribution in [0.1, 0.15) is 43.5 Å². The Kier molecular flexibility index (Phi) is 3.16. The van der Waals surface area contributed by atoms with Crippen molar-refractivity contribution in [3.8, 4) is 0 Å². The summed E-state index contributed by atoms with van der Waals surface area (Å²) < 4.78 is 7.77. The van der Waals surface area contributed by atoms with Crippen molar-refractivity contribution in [3.05, 3.63) is 17.5 Å². The maximum absolute atomic E-state index is 5.88. The van der Waals surface area contributed by atoms with E-state index in [1.165, 1.54) is 18.4 Å². The lowest BCUT2D eigenvalue weighted by Crippen LogP contribution is -2.39. The van der Waals surface area contributed by atoms with Crippen LogP contribution in [0, 0.1) is 12.8 Å². The average molecular weight is 249 g/mol. The third-order valence-corrected chi connectivity index (χ3v) is 4.20. The molecule has 1 aliphatic heterocycles. The second-order valence-electron chi connectivity index (χ2n) is 5.80. The molecular weight excluding hydrogens is 226 g/mol. The molecule has 0 aromatic carbocycles. The number of ether oxygens (including phenoxy) is 1. The van der Waals surface area contributed by atoms with Crippen LogP contribution in [0.15, 0.2) is 6.20 Å². The minimum Gasteiger partial charge on any atom is -0.376 e. The van der Waals surface area contributed by atoms with Gasteiger partial charge >= 0.3 is 0 Å². The Labute approximate surface area is 109 Å². The molecular formula is C14H23N3O. The van der Waals surface area contributed by atoms with Crippen molar-refractivity contribution < 1.29 is 4.74 Å². The molecule has 1 N–H and O–H groups in total. The zero-order valence-corrected chi connectivity index (χ0v) is 11.5. The minimum atomic E-state index is 0.353. The van der Waals surface area contributed by atoms with Gasteiger partial charge in [-0.3, -0.25) is 4.68 Å². The lowest BCUT2D eigenvalue weighted by Gasteiger charge is -2.23. The van der Waals surface area contributed by atoms with E-state index < -0.39 is 0 Å². The molecule has 0 radical (unpaired) electrons. The normalized spacial score (nSPS) is 29.7. The van der Waals surface area contributed by atoms with E-state index >= 15 is 0 Å². The quantitative estimate of drug-likeness (QED) is 0.886. The molecule has 0 amide bonds. The summed E-state index contributed by atoms with van der Waals surface area (Å²) in [5.74, 6) is 0.812. The number of hydrogen-bond donors (Lipinski definition) is 1. The first-order chi connectivity index (χ1) is 8.65. The first kappa shape index (κ1) is 12.2. The van der Waals surface area contributed by atoms with Gasteiger partial charge in [-0.05, 0) is 39.0 Å². The first-order valence-corrected chi connectivity index (χ1v) is 7.03. The van der Waals surface area contributed by atoms with Crippen LogP contribution in [-0.4, -0.2) is 28.5 Å². The SMILES string of the molecule is Cc1nn(C)cc1C(C)NC1CCOC1C1CC1. The van der Waals surface area contributed by atoms with Crippen molar-refractivity contribution in [3.63, 3.8) is 0 Å². The Morgan fingerprint density at radius 3 is 2.83 bits per heavy atom. The van der Waals surface area contributed by atoms with E-state index in [0.29, 0.717) is 18.2 Å². The molecule has 4 heteroatoms.